The topological polar surface area (TPSA) is 77.5 Å². The van der Waals surface area contributed by atoms with Crippen molar-refractivity contribution >= 4 is 17.9 Å². The van der Waals surface area contributed by atoms with Crippen LogP contribution in [0.1, 0.15) is 20.3 Å². The summed E-state index contributed by atoms with van der Waals surface area (Å²) in [7, 11) is 3.34. The molecule has 8 nitrogen and oxygen atoms in total. The third kappa shape index (κ3) is 1.98. The van der Waals surface area contributed by atoms with Crippen LogP contribution in [0.3, 0.4) is 0 Å². The van der Waals surface area contributed by atoms with Crippen molar-refractivity contribution in [1.82, 2.24) is 20.0 Å². The summed E-state index contributed by atoms with van der Waals surface area (Å²) in [6.45, 7) is 5.44. The molecule has 3 amide bonds. The normalized spacial score (nSPS) is 27.3. The highest BCUT2D eigenvalue weighted by atomic mass is 16.5. The Kier molecular flexibility index (Phi) is 3.56. The molecular weight excluding hydrogens is 286 g/mol. The second-order valence-electron chi connectivity index (χ2n) is 5.73. The van der Waals surface area contributed by atoms with E-state index in [4.69, 9.17) is 4.74 Å². The number of guanidine groups is 1. The number of methoxy groups -OCH3 is 1. The predicted molar refractivity (Wildman–Crippen MR) is 79.7 cm³/mol. The van der Waals surface area contributed by atoms with Crippen LogP contribution in [-0.2, 0) is 9.53 Å². The van der Waals surface area contributed by atoms with Gasteiger partial charge in [0.1, 0.15) is 0 Å². The molecule has 0 radical (unpaired) electrons. The molecule has 0 spiro atoms. The second-order valence-corrected chi connectivity index (χ2v) is 5.73. The molecule has 3 aliphatic heterocycles. The van der Waals surface area contributed by atoms with Crippen LogP contribution in [0.5, 0.6) is 0 Å². The number of ether oxygens (including phenoxy) is 1. The van der Waals surface area contributed by atoms with Gasteiger partial charge >= 0.3 is 6.03 Å². The SMILES string of the molecule is COCCCN1C2=NC3C(C(=O)NC(=O)N3C)N2C(C)=C1C. The molecule has 0 aromatic carbocycles. The van der Waals surface area contributed by atoms with Gasteiger partial charge in [-0.2, -0.15) is 0 Å². The quantitative estimate of drug-likeness (QED) is 0.748. The zero-order valence-corrected chi connectivity index (χ0v) is 13.3. The Balaban J connectivity index is 1.90. The van der Waals surface area contributed by atoms with Crippen molar-refractivity contribution in [3.63, 3.8) is 0 Å². The minimum absolute atomic E-state index is 0.294. The second kappa shape index (κ2) is 5.28. The largest absolute Gasteiger partial charge is 0.385 e. The summed E-state index contributed by atoms with van der Waals surface area (Å²) in [6, 6.07) is -0.888. The Labute approximate surface area is 129 Å². The Bertz CT molecular complexity index is 585. The maximum absolute atomic E-state index is 12.3. The number of nitrogens with zero attached hydrogens (tertiary/aromatic N) is 4. The lowest BCUT2D eigenvalue weighted by molar-refractivity contribution is -0.126. The highest BCUT2D eigenvalue weighted by molar-refractivity contribution is 6.05. The molecule has 120 valence electrons. The Hall–Kier alpha value is -2.09. The third-order valence-electron chi connectivity index (χ3n) is 4.50. The lowest BCUT2D eigenvalue weighted by Crippen LogP contribution is -2.63. The van der Waals surface area contributed by atoms with Crippen molar-refractivity contribution in [2.75, 3.05) is 27.3 Å². The number of rotatable bonds is 4. The number of aliphatic imine (C=N–C) groups is 1. The molecule has 8 heteroatoms. The standard InChI is InChI=1S/C14H21N5O3/c1-8-9(2)19-10-11(17(3)14(21)16-12(10)20)15-13(19)18(8)6-5-7-22-4/h10-11H,5-7H2,1-4H3,(H,16,20,21). The number of carbonyl (C=O) groups excluding carboxylic acids is 2. The van der Waals surface area contributed by atoms with E-state index >= 15 is 0 Å². The fraction of sp³-hybridized carbons (Fsp3) is 0.643. The minimum Gasteiger partial charge on any atom is -0.385 e. The van der Waals surface area contributed by atoms with Crippen molar-refractivity contribution in [1.29, 1.82) is 0 Å². The maximum atomic E-state index is 12.3. The van der Waals surface area contributed by atoms with Crippen LogP contribution in [0.15, 0.2) is 16.4 Å². The molecule has 1 saturated heterocycles. The number of carbonyl (C=O) groups is 2. The molecular formula is C14H21N5O3. The van der Waals surface area contributed by atoms with Crippen molar-refractivity contribution in [3.05, 3.63) is 11.4 Å². The van der Waals surface area contributed by atoms with E-state index in [2.05, 4.69) is 15.2 Å². The number of amides is 3. The number of urea groups is 1. The fourth-order valence-corrected chi connectivity index (χ4v) is 3.16. The van der Waals surface area contributed by atoms with E-state index in [-0.39, 0.29) is 5.91 Å². The lowest BCUT2D eigenvalue weighted by Gasteiger charge is -2.35. The van der Waals surface area contributed by atoms with Gasteiger partial charge in [-0.25, -0.2) is 9.79 Å². The number of likely N-dealkylation sites (N-methyl/N-ethyl adjacent to an activating group) is 1. The van der Waals surface area contributed by atoms with Crippen LogP contribution < -0.4 is 5.32 Å². The monoisotopic (exact) mass is 307 g/mol. The van der Waals surface area contributed by atoms with Gasteiger partial charge in [-0.3, -0.25) is 15.0 Å². The minimum atomic E-state index is -0.486. The molecule has 3 heterocycles. The molecule has 0 bridgehead atoms. The Morgan fingerprint density at radius 1 is 1.27 bits per heavy atom. The van der Waals surface area contributed by atoms with Gasteiger partial charge in [0.15, 0.2) is 12.2 Å². The van der Waals surface area contributed by atoms with Gasteiger partial charge in [-0.1, -0.05) is 0 Å². The van der Waals surface area contributed by atoms with Gasteiger partial charge in [-0.05, 0) is 20.3 Å². The number of imide groups is 1. The van der Waals surface area contributed by atoms with E-state index in [0.717, 1.165) is 30.3 Å². The predicted octanol–water partition coefficient (Wildman–Crippen LogP) is 0.138. The molecule has 0 aromatic heterocycles. The molecule has 2 unspecified atom stereocenters. The highest BCUT2D eigenvalue weighted by Crippen LogP contribution is 2.35. The van der Waals surface area contributed by atoms with E-state index in [9.17, 15) is 9.59 Å². The van der Waals surface area contributed by atoms with Crippen LogP contribution in [0.2, 0.25) is 0 Å². The number of fused-ring (bicyclic) bond motifs is 3. The first kappa shape index (κ1) is 14.8. The highest BCUT2D eigenvalue weighted by Gasteiger charge is 2.52. The van der Waals surface area contributed by atoms with Gasteiger partial charge in [0, 0.05) is 38.7 Å². The van der Waals surface area contributed by atoms with E-state index in [1.165, 1.54) is 4.90 Å². The first-order chi connectivity index (χ1) is 10.5. The Morgan fingerprint density at radius 3 is 2.68 bits per heavy atom. The van der Waals surface area contributed by atoms with Gasteiger partial charge in [0.05, 0.1) is 0 Å². The molecule has 2 atom stereocenters. The van der Waals surface area contributed by atoms with Gasteiger partial charge in [0.2, 0.25) is 5.96 Å². The van der Waals surface area contributed by atoms with Crippen LogP contribution in [0, 0.1) is 0 Å². The van der Waals surface area contributed by atoms with Crippen LogP contribution in [0.25, 0.3) is 0 Å². The Morgan fingerprint density at radius 2 is 2.00 bits per heavy atom. The van der Waals surface area contributed by atoms with Gasteiger partial charge in [-0.15, -0.1) is 0 Å². The fourth-order valence-electron chi connectivity index (χ4n) is 3.16. The summed E-state index contributed by atoms with van der Waals surface area (Å²) in [6.07, 6.45) is 0.397. The van der Waals surface area contributed by atoms with Crippen molar-refractivity contribution in [2.45, 2.75) is 32.5 Å². The lowest BCUT2D eigenvalue weighted by atomic mass is 10.1. The van der Waals surface area contributed by atoms with E-state index < -0.39 is 18.2 Å². The summed E-state index contributed by atoms with van der Waals surface area (Å²) >= 11 is 0. The molecule has 0 saturated carbocycles. The molecule has 22 heavy (non-hydrogen) atoms. The van der Waals surface area contributed by atoms with Gasteiger partial charge < -0.3 is 14.5 Å². The van der Waals surface area contributed by atoms with Crippen molar-refractivity contribution in [3.8, 4) is 0 Å². The molecule has 3 rings (SSSR count). The number of nitrogens with one attached hydrogen (secondary N) is 1. The summed E-state index contributed by atoms with van der Waals surface area (Å²) < 4.78 is 5.10. The first-order valence-electron chi connectivity index (χ1n) is 7.36. The number of hydrogen-bond acceptors (Lipinski definition) is 6. The average Bonchev–Trinajstić information content (AvgIpc) is 2.97. The zero-order chi connectivity index (χ0) is 16.0. The van der Waals surface area contributed by atoms with Crippen molar-refractivity contribution in [2.24, 2.45) is 4.99 Å². The summed E-state index contributed by atoms with van der Waals surface area (Å²) in [5.74, 6) is 0.454. The van der Waals surface area contributed by atoms with E-state index in [0.29, 0.717) is 6.61 Å². The molecule has 1 fully saturated rings. The van der Waals surface area contributed by atoms with Gasteiger partial charge in [0.25, 0.3) is 5.91 Å². The molecule has 3 aliphatic rings. The van der Waals surface area contributed by atoms with Crippen LogP contribution >= 0.6 is 0 Å². The van der Waals surface area contributed by atoms with Crippen molar-refractivity contribution < 1.29 is 14.3 Å². The molecule has 0 aliphatic carbocycles. The summed E-state index contributed by atoms with van der Waals surface area (Å²) in [5, 5.41) is 2.39. The zero-order valence-electron chi connectivity index (χ0n) is 13.3. The van der Waals surface area contributed by atoms with Crippen LogP contribution in [-0.4, -0.2) is 72.1 Å². The van der Waals surface area contributed by atoms with E-state index in [1.54, 1.807) is 14.2 Å². The van der Waals surface area contributed by atoms with E-state index in [1.807, 2.05) is 18.7 Å². The number of allylic oxidation sites excluding steroid dienone is 2. The summed E-state index contributed by atoms with van der Waals surface area (Å²) in [4.78, 5) is 34.2. The molecule has 0 aromatic rings. The molecule has 1 N–H and O–H groups in total. The third-order valence-corrected chi connectivity index (χ3v) is 4.50. The first-order valence-corrected chi connectivity index (χ1v) is 7.36. The number of hydrogen-bond donors (Lipinski definition) is 1. The summed E-state index contributed by atoms with van der Waals surface area (Å²) in [5.41, 5.74) is 2.09. The van der Waals surface area contributed by atoms with Crippen LogP contribution in [0.4, 0.5) is 4.79 Å². The smallest absolute Gasteiger partial charge is 0.325 e. The average molecular weight is 307 g/mol. The maximum Gasteiger partial charge on any atom is 0.325 e.